The highest BCUT2D eigenvalue weighted by molar-refractivity contribution is 5.79. The summed E-state index contributed by atoms with van der Waals surface area (Å²) in [5.74, 6) is 1.19. The van der Waals surface area contributed by atoms with Gasteiger partial charge in [-0.05, 0) is 25.7 Å². The van der Waals surface area contributed by atoms with Crippen molar-refractivity contribution in [3.8, 4) is 5.88 Å². The maximum absolute atomic E-state index is 12.2. The van der Waals surface area contributed by atoms with Gasteiger partial charge in [-0.3, -0.25) is 4.79 Å². The maximum Gasteiger partial charge on any atom is 0.225 e. The molecule has 0 bridgehead atoms. The lowest BCUT2D eigenvalue weighted by atomic mass is 9.84. The number of hydrogen-bond donors (Lipinski definition) is 0. The monoisotopic (exact) mass is 261 g/mol. The summed E-state index contributed by atoms with van der Waals surface area (Å²) in [5.41, 5.74) is 0. The molecule has 1 amide bonds. The summed E-state index contributed by atoms with van der Waals surface area (Å²) in [6.07, 6.45) is 8.53. The van der Waals surface area contributed by atoms with Gasteiger partial charge in [-0.25, -0.2) is 9.97 Å². The predicted octanol–water partition coefficient (Wildman–Crippen LogP) is 1.65. The fourth-order valence-electron chi connectivity index (χ4n) is 2.67. The Morgan fingerprint density at radius 2 is 2.21 bits per heavy atom. The lowest BCUT2D eigenvalue weighted by Gasteiger charge is -2.36. The second kappa shape index (κ2) is 5.55. The second-order valence-electron chi connectivity index (χ2n) is 5.34. The third-order valence-corrected chi connectivity index (χ3v) is 3.99. The Balaban J connectivity index is 1.57. The minimum atomic E-state index is 0.0627. The zero-order valence-electron chi connectivity index (χ0n) is 11.0. The van der Waals surface area contributed by atoms with Crippen LogP contribution in [0.4, 0.5) is 0 Å². The molecule has 3 rings (SSSR count). The molecule has 2 heterocycles. The minimum absolute atomic E-state index is 0.0627. The molecule has 1 saturated heterocycles. The standard InChI is InChI=1S/C14H19N3O2/c18-14(11-3-1-4-11)17-8-2-5-12(9-17)19-13-6-7-15-10-16-13/h6-7,10-12H,1-5,8-9H2. The van der Waals surface area contributed by atoms with E-state index < -0.39 is 0 Å². The average molecular weight is 261 g/mol. The number of likely N-dealkylation sites (tertiary alicyclic amines) is 1. The summed E-state index contributed by atoms with van der Waals surface area (Å²) in [4.78, 5) is 22.1. The molecule has 2 fully saturated rings. The van der Waals surface area contributed by atoms with E-state index in [1.54, 1.807) is 12.3 Å². The van der Waals surface area contributed by atoms with Crippen LogP contribution in [0.2, 0.25) is 0 Å². The van der Waals surface area contributed by atoms with Crippen LogP contribution in [0.3, 0.4) is 0 Å². The van der Waals surface area contributed by atoms with E-state index in [-0.39, 0.29) is 12.0 Å². The Bertz CT molecular complexity index is 434. The fraction of sp³-hybridized carbons (Fsp3) is 0.643. The number of amides is 1. The van der Waals surface area contributed by atoms with Crippen LogP contribution in [0.5, 0.6) is 5.88 Å². The van der Waals surface area contributed by atoms with E-state index in [0.29, 0.717) is 18.3 Å². The molecule has 1 aromatic rings. The smallest absolute Gasteiger partial charge is 0.225 e. The second-order valence-corrected chi connectivity index (χ2v) is 5.34. The number of aromatic nitrogens is 2. The van der Waals surface area contributed by atoms with Crippen LogP contribution in [0.25, 0.3) is 0 Å². The van der Waals surface area contributed by atoms with Crippen LogP contribution in [0.15, 0.2) is 18.6 Å². The Hall–Kier alpha value is -1.65. The number of carbonyl (C=O) groups excluding carboxylic acids is 1. The Labute approximate surface area is 113 Å². The van der Waals surface area contributed by atoms with E-state index in [0.717, 1.165) is 32.2 Å². The zero-order chi connectivity index (χ0) is 13.1. The van der Waals surface area contributed by atoms with Gasteiger partial charge >= 0.3 is 0 Å². The molecule has 5 heteroatoms. The van der Waals surface area contributed by atoms with Gasteiger partial charge in [0, 0.05) is 24.7 Å². The van der Waals surface area contributed by atoms with E-state index in [1.165, 1.54) is 12.7 Å². The van der Waals surface area contributed by atoms with Gasteiger partial charge in [0.1, 0.15) is 12.4 Å². The number of rotatable bonds is 3. The van der Waals surface area contributed by atoms with Crippen molar-refractivity contribution >= 4 is 5.91 Å². The van der Waals surface area contributed by atoms with Crippen molar-refractivity contribution in [3.63, 3.8) is 0 Å². The molecule has 0 radical (unpaired) electrons. The first-order valence-electron chi connectivity index (χ1n) is 7.04. The Kier molecular flexibility index (Phi) is 3.62. The van der Waals surface area contributed by atoms with E-state index >= 15 is 0 Å². The Morgan fingerprint density at radius 3 is 2.89 bits per heavy atom. The third kappa shape index (κ3) is 2.85. The summed E-state index contributed by atoms with van der Waals surface area (Å²) < 4.78 is 5.82. The molecule has 0 spiro atoms. The highest BCUT2D eigenvalue weighted by Crippen LogP contribution is 2.29. The third-order valence-electron chi connectivity index (χ3n) is 3.99. The predicted molar refractivity (Wildman–Crippen MR) is 69.6 cm³/mol. The molecular formula is C14H19N3O2. The lowest BCUT2D eigenvalue weighted by molar-refractivity contribution is -0.140. The van der Waals surface area contributed by atoms with Gasteiger partial charge in [0.2, 0.25) is 11.8 Å². The number of nitrogens with zero attached hydrogens (tertiary/aromatic N) is 3. The van der Waals surface area contributed by atoms with Crippen molar-refractivity contribution in [2.24, 2.45) is 5.92 Å². The van der Waals surface area contributed by atoms with Crippen molar-refractivity contribution in [1.29, 1.82) is 0 Å². The van der Waals surface area contributed by atoms with Crippen LogP contribution in [0.1, 0.15) is 32.1 Å². The molecule has 1 atom stereocenters. The van der Waals surface area contributed by atoms with Gasteiger partial charge in [-0.1, -0.05) is 6.42 Å². The lowest BCUT2D eigenvalue weighted by Crippen LogP contribution is -2.47. The molecule has 102 valence electrons. The van der Waals surface area contributed by atoms with Crippen LogP contribution < -0.4 is 4.74 Å². The van der Waals surface area contributed by atoms with Gasteiger partial charge < -0.3 is 9.64 Å². The highest BCUT2D eigenvalue weighted by atomic mass is 16.5. The number of piperidine rings is 1. The van der Waals surface area contributed by atoms with Crippen LogP contribution >= 0.6 is 0 Å². The molecule has 2 aliphatic rings. The number of carbonyl (C=O) groups is 1. The molecule has 1 saturated carbocycles. The topological polar surface area (TPSA) is 55.3 Å². The summed E-state index contributed by atoms with van der Waals surface area (Å²) >= 11 is 0. The molecule has 1 aliphatic heterocycles. The van der Waals surface area contributed by atoms with Crippen molar-refractivity contribution < 1.29 is 9.53 Å². The molecular weight excluding hydrogens is 242 g/mol. The van der Waals surface area contributed by atoms with Crippen LogP contribution in [-0.4, -0.2) is 40.0 Å². The molecule has 1 unspecified atom stereocenters. The summed E-state index contributed by atoms with van der Waals surface area (Å²) in [5, 5.41) is 0. The van der Waals surface area contributed by atoms with Gasteiger partial charge in [-0.2, -0.15) is 0 Å². The minimum Gasteiger partial charge on any atom is -0.472 e. The zero-order valence-corrected chi connectivity index (χ0v) is 11.0. The van der Waals surface area contributed by atoms with E-state index in [1.807, 2.05) is 4.90 Å². The number of hydrogen-bond acceptors (Lipinski definition) is 4. The molecule has 19 heavy (non-hydrogen) atoms. The first-order chi connectivity index (χ1) is 9.33. The van der Waals surface area contributed by atoms with Crippen molar-refractivity contribution in [2.45, 2.75) is 38.2 Å². The van der Waals surface area contributed by atoms with Crippen molar-refractivity contribution in [2.75, 3.05) is 13.1 Å². The summed E-state index contributed by atoms with van der Waals surface area (Å²) in [7, 11) is 0. The maximum atomic E-state index is 12.2. The first-order valence-corrected chi connectivity index (χ1v) is 7.04. The first kappa shape index (κ1) is 12.4. The van der Waals surface area contributed by atoms with Crippen LogP contribution in [-0.2, 0) is 4.79 Å². The molecule has 0 N–H and O–H groups in total. The summed E-state index contributed by atoms with van der Waals surface area (Å²) in [6.45, 7) is 1.57. The SMILES string of the molecule is O=C(C1CCC1)N1CCCC(Oc2ccncn2)C1. The van der Waals surface area contributed by atoms with E-state index in [2.05, 4.69) is 9.97 Å². The highest BCUT2D eigenvalue weighted by Gasteiger charge is 2.32. The van der Waals surface area contributed by atoms with Gasteiger partial charge in [0.25, 0.3) is 0 Å². The molecule has 5 nitrogen and oxygen atoms in total. The molecule has 1 aromatic heterocycles. The van der Waals surface area contributed by atoms with Gasteiger partial charge in [0.15, 0.2) is 0 Å². The normalized spacial score (nSPS) is 23.8. The molecule has 1 aliphatic carbocycles. The van der Waals surface area contributed by atoms with Crippen molar-refractivity contribution in [3.05, 3.63) is 18.6 Å². The summed E-state index contributed by atoms with van der Waals surface area (Å²) in [6, 6.07) is 1.76. The number of ether oxygens (including phenoxy) is 1. The van der Waals surface area contributed by atoms with Gasteiger partial charge in [0.05, 0.1) is 6.54 Å². The average Bonchev–Trinajstić information content (AvgIpc) is 2.38. The van der Waals surface area contributed by atoms with E-state index in [9.17, 15) is 4.79 Å². The van der Waals surface area contributed by atoms with Crippen molar-refractivity contribution in [1.82, 2.24) is 14.9 Å². The molecule has 0 aromatic carbocycles. The fourth-order valence-corrected chi connectivity index (χ4v) is 2.67. The van der Waals surface area contributed by atoms with Crippen LogP contribution in [0, 0.1) is 5.92 Å². The largest absolute Gasteiger partial charge is 0.472 e. The van der Waals surface area contributed by atoms with Gasteiger partial charge in [-0.15, -0.1) is 0 Å². The van der Waals surface area contributed by atoms with E-state index in [4.69, 9.17) is 4.74 Å². The quantitative estimate of drug-likeness (QED) is 0.830. The Morgan fingerprint density at radius 1 is 1.32 bits per heavy atom.